The van der Waals surface area contributed by atoms with Crippen molar-refractivity contribution in [3.05, 3.63) is 29.3 Å². The fourth-order valence-corrected chi connectivity index (χ4v) is 2.36. The molecule has 0 aliphatic heterocycles. The van der Waals surface area contributed by atoms with E-state index in [1.165, 1.54) is 6.92 Å². The highest BCUT2D eigenvalue weighted by Crippen LogP contribution is 2.30. The first-order valence-electron chi connectivity index (χ1n) is 7.23. The molecule has 1 aromatic rings. The van der Waals surface area contributed by atoms with Gasteiger partial charge in [0.2, 0.25) is 0 Å². The molecule has 1 aromatic carbocycles. The van der Waals surface area contributed by atoms with Gasteiger partial charge in [0.15, 0.2) is 5.78 Å². The lowest BCUT2D eigenvalue weighted by molar-refractivity contribution is -0.138. The molecular formula is C16H21NO4. The van der Waals surface area contributed by atoms with Crippen molar-refractivity contribution in [1.82, 2.24) is 4.90 Å². The Kier molecular flexibility index (Phi) is 4.96. The predicted molar refractivity (Wildman–Crippen MR) is 78.7 cm³/mol. The molecule has 1 aliphatic rings. The van der Waals surface area contributed by atoms with Crippen molar-refractivity contribution in [2.24, 2.45) is 0 Å². The van der Waals surface area contributed by atoms with Crippen LogP contribution in [0.3, 0.4) is 0 Å². The monoisotopic (exact) mass is 291 g/mol. The van der Waals surface area contributed by atoms with Gasteiger partial charge in [-0.15, -0.1) is 0 Å². The molecule has 2 rings (SSSR count). The number of Topliss-reactive ketones (excluding diaryl/α,β-unsaturated/α-hetero) is 1. The van der Waals surface area contributed by atoms with Crippen LogP contribution >= 0.6 is 0 Å². The molecule has 0 aromatic heterocycles. The Morgan fingerprint density at radius 3 is 2.62 bits per heavy atom. The van der Waals surface area contributed by atoms with Gasteiger partial charge in [0, 0.05) is 23.7 Å². The molecule has 0 bridgehead atoms. The first-order valence-corrected chi connectivity index (χ1v) is 7.23. The van der Waals surface area contributed by atoms with Gasteiger partial charge in [-0.2, -0.15) is 0 Å². The van der Waals surface area contributed by atoms with E-state index in [0.29, 0.717) is 24.8 Å². The molecule has 0 heterocycles. The van der Waals surface area contributed by atoms with Crippen LogP contribution in [0.5, 0.6) is 5.75 Å². The number of hydrogen-bond acceptors (Lipinski definition) is 4. The summed E-state index contributed by atoms with van der Waals surface area (Å²) in [5.74, 6) is -0.114. The Balaban J connectivity index is 2.23. The van der Waals surface area contributed by atoms with Crippen LogP contribution in [0.1, 0.15) is 42.6 Å². The molecule has 21 heavy (non-hydrogen) atoms. The normalized spacial score (nSPS) is 14.2. The molecule has 0 unspecified atom stereocenters. The van der Waals surface area contributed by atoms with Gasteiger partial charge >= 0.3 is 5.97 Å². The highest BCUT2D eigenvalue weighted by atomic mass is 16.5. The molecule has 1 saturated carbocycles. The van der Waals surface area contributed by atoms with E-state index in [9.17, 15) is 9.59 Å². The Morgan fingerprint density at radius 2 is 2.10 bits per heavy atom. The first kappa shape index (κ1) is 15.5. The molecule has 0 atom stereocenters. The fourth-order valence-electron chi connectivity index (χ4n) is 2.36. The number of aliphatic carboxylic acids is 1. The zero-order valence-corrected chi connectivity index (χ0v) is 12.5. The summed E-state index contributed by atoms with van der Waals surface area (Å²) in [5.41, 5.74) is 1.50. The number of carbonyl (C=O) groups is 2. The molecule has 0 amide bonds. The molecule has 0 radical (unpaired) electrons. The molecule has 114 valence electrons. The van der Waals surface area contributed by atoms with Crippen LogP contribution in [0, 0.1) is 0 Å². The van der Waals surface area contributed by atoms with E-state index >= 15 is 0 Å². The molecule has 0 saturated heterocycles. The van der Waals surface area contributed by atoms with Crippen LogP contribution in [0.4, 0.5) is 0 Å². The summed E-state index contributed by atoms with van der Waals surface area (Å²) in [4.78, 5) is 24.5. The maximum Gasteiger partial charge on any atom is 0.317 e. The number of hydrogen-bond donors (Lipinski definition) is 1. The van der Waals surface area contributed by atoms with Crippen LogP contribution in [0.15, 0.2) is 18.2 Å². The van der Waals surface area contributed by atoms with E-state index in [4.69, 9.17) is 9.84 Å². The van der Waals surface area contributed by atoms with Crippen LogP contribution < -0.4 is 4.74 Å². The Labute approximate surface area is 124 Å². The molecule has 0 spiro atoms. The minimum Gasteiger partial charge on any atom is -0.494 e. The highest BCUT2D eigenvalue weighted by molar-refractivity contribution is 5.94. The number of ketones is 1. The topological polar surface area (TPSA) is 66.8 Å². The number of carboxylic acids is 1. The van der Waals surface area contributed by atoms with Gasteiger partial charge in [-0.25, -0.2) is 0 Å². The Bertz CT molecular complexity index is 537. The van der Waals surface area contributed by atoms with E-state index in [1.54, 1.807) is 12.1 Å². The second-order valence-corrected chi connectivity index (χ2v) is 5.34. The average Bonchev–Trinajstić information content (AvgIpc) is 3.23. The van der Waals surface area contributed by atoms with Crippen molar-refractivity contribution in [2.75, 3.05) is 13.2 Å². The summed E-state index contributed by atoms with van der Waals surface area (Å²) in [6, 6.07) is 5.68. The number of nitrogens with zero attached hydrogens (tertiary/aromatic N) is 1. The number of carbonyl (C=O) groups excluding carboxylic acids is 1. The maximum absolute atomic E-state index is 11.5. The summed E-state index contributed by atoms with van der Waals surface area (Å²) in [6.45, 7) is 4.47. The van der Waals surface area contributed by atoms with Crippen molar-refractivity contribution < 1.29 is 19.4 Å². The minimum absolute atomic E-state index is 0.00416. The number of rotatable bonds is 8. The number of ether oxygens (including phenoxy) is 1. The van der Waals surface area contributed by atoms with Crippen LogP contribution in [0.2, 0.25) is 0 Å². The van der Waals surface area contributed by atoms with Crippen molar-refractivity contribution in [3.63, 3.8) is 0 Å². The standard InChI is InChI=1S/C16H21NO4/c1-3-21-15-7-4-12(11(2)18)8-13(15)9-17(10-16(19)20)14-5-6-14/h4,7-8,14H,3,5-6,9-10H2,1-2H3,(H,19,20). The van der Waals surface area contributed by atoms with Crippen molar-refractivity contribution in [2.45, 2.75) is 39.3 Å². The third kappa shape index (κ3) is 4.29. The molecular weight excluding hydrogens is 270 g/mol. The highest BCUT2D eigenvalue weighted by Gasteiger charge is 2.30. The van der Waals surface area contributed by atoms with Crippen LogP contribution in [0.25, 0.3) is 0 Å². The first-order chi connectivity index (χ1) is 10.0. The fraction of sp³-hybridized carbons (Fsp3) is 0.500. The molecule has 5 heteroatoms. The van der Waals surface area contributed by atoms with Gasteiger partial charge in [-0.05, 0) is 44.9 Å². The van der Waals surface area contributed by atoms with E-state index in [1.807, 2.05) is 17.9 Å². The number of carboxylic acid groups (broad SMARTS) is 1. The van der Waals surface area contributed by atoms with Gasteiger partial charge < -0.3 is 9.84 Å². The molecule has 5 nitrogen and oxygen atoms in total. The van der Waals surface area contributed by atoms with Gasteiger partial charge in [0.05, 0.1) is 13.2 Å². The summed E-state index contributed by atoms with van der Waals surface area (Å²) < 4.78 is 5.59. The zero-order chi connectivity index (χ0) is 15.4. The van der Waals surface area contributed by atoms with Gasteiger partial charge in [-0.1, -0.05) is 0 Å². The average molecular weight is 291 g/mol. The van der Waals surface area contributed by atoms with E-state index in [-0.39, 0.29) is 12.3 Å². The lowest BCUT2D eigenvalue weighted by Crippen LogP contribution is -2.31. The van der Waals surface area contributed by atoms with Gasteiger partial charge in [-0.3, -0.25) is 14.5 Å². The second kappa shape index (κ2) is 6.72. The third-order valence-electron chi connectivity index (χ3n) is 3.54. The second-order valence-electron chi connectivity index (χ2n) is 5.34. The smallest absolute Gasteiger partial charge is 0.317 e. The predicted octanol–water partition coefficient (Wildman–Crippen LogP) is 2.34. The summed E-state index contributed by atoms with van der Waals surface area (Å²) >= 11 is 0. The van der Waals surface area contributed by atoms with E-state index < -0.39 is 5.97 Å². The molecule has 1 aliphatic carbocycles. The Morgan fingerprint density at radius 1 is 1.38 bits per heavy atom. The van der Waals surface area contributed by atoms with Gasteiger partial charge in [0.25, 0.3) is 0 Å². The van der Waals surface area contributed by atoms with Gasteiger partial charge in [0.1, 0.15) is 5.75 Å². The SMILES string of the molecule is CCOc1ccc(C(C)=O)cc1CN(CC(=O)O)C1CC1. The minimum atomic E-state index is -0.831. The van der Waals surface area contributed by atoms with Crippen molar-refractivity contribution >= 4 is 11.8 Å². The summed E-state index contributed by atoms with van der Waals surface area (Å²) in [7, 11) is 0. The molecule has 1 N–H and O–H groups in total. The molecule has 1 fully saturated rings. The maximum atomic E-state index is 11.5. The zero-order valence-electron chi connectivity index (χ0n) is 12.5. The largest absolute Gasteiger partial charge is 0.494 e. The third-order valence-corrected chi connectivity index (χ3v) is 3.54. The lowest BCUT2D eigenvalue weighted by atomic mass is 10.1. The Hall–Kier alpha value is -1.88. The van der Waals surface area contributed by atoms with Crippen LogP contribution in [-0.4, -0.2) is 41.0 Å². The van der Waals surface area contributed by atoms with Crippen molar-refractivity contribution in [1.29, 1.82) is 0 Å². The summed E-state index contributed by atoms with van der Waals surface area (Å²) in [5, 5.41) is 9.03. The quantitative estimate of drug-likeness (QED) is 0.745. The van der Waals surface area contributed by atoms with E-state index in [2.05, 4.69) is 0 Å². The van der Waals surface area contributed by atoms with E-state index in [0.717, 1.165) is 24.2 Å². The van der Waals surface area contributed by atoms with Crippen LogP contribution in [-0.2, 0) is 11.3 Å². The lowest BCUT2D eigenvalue weighted by Gasteiger charge is -2.21. The van der Waals surface area contributed by atoms with Crippen molar-refractivity contribution in [3.8, 4) is 5.75 Å². The number of benzene rings is 1. The summed E-state index contributed by atoms with van der Waals surface area (Å²) in [6.07, 6.45) is 2.06.